The van der Waals surface area contributed by atoms with Gasteiger partial charge >= 0.3 is 0 Å². The van der Waals surface area contributed by atoms with Crippen LogP contribution < -0.4 is 10.1 Å². The minimum absolute atomic E-state index is 0.311. The smallest absolute Gasteiger partial charge is 0.252 e. The molecule has 21 heavy (non-hydrogen) atoms. The molecule has 0 radical (unpaired) electrons. The number of nitrogens with one attached hydrogen (secondary N) is 1. The van der Waals surface area contributed by atoms with E-state index in [9.17, 15) is 10.1 Å². The lowest BCUT2D eigenvalue weighted by Gasteiger charge is -2.12. The Morgan fingerprint density at radius 1 is 1.29 bits per heavy atom. The average Bonchev–Trinajstić information content (AvgIpc) is 2.53. The average molecular weight is 345 g/mol. The predicted molar refractivity (Wildman–Crippen MR) is 83.0 cm³/mol. The maximum atomic E-state index is 12.2. The van der Waals surface area contributed by atoms with Crippen molar-refractivity contribution >= 4 is 21.8 Å². The largest absolute Gasteiger partial charge is 0.496 e. The molecule has 0 heterocycles. The summed E-state index contributed by atoms with van der Waals surface area (Å²) < 4.78 is 5.81. The Morgan fingerprint density at radius 3 is 2.57 bits per heavy atom. The van der Waals surface area contributed by atoms with Crippen molar-refractivity contribution in [1.29, 1.82) is 5.26 Å². The minimum Gasteiger partial charge on any atom is -0.496 e. The first-order valence-corrected chi connectivity index (χ1v) is 7.04. The molecule has 1 atom stereocenters. The summed E-state index contributed by atoms with van der Waals surface area (Å²) in [5, 5.41) is 11.9. The van der Waals surface area contributed by atoms with Gasteiger partial charge in [-0.15, -0.1) is 0 Å². The molecule has 0 aliphatic heterocycles. The molecular weight excluding hydrogens is 332 g/mol. The Labute approximate surface area is 131 Å². The van der Waals surface area contributed by atoms with Gasteiger partial charge in [0.05, 0.1) is 17.7 Å². The number of amides is 1. The highest BCUT2D eigenvalue weighted by Crippen LogP contribution is 2.25. The van der Waals surface area contributed by atoms with Crippen molar-refractivity contribution in [3.63, 3.8) is 0 Å². The first-order valence-electron chi connectivity index (χ1n) is 6.24. The number of nitriles is 1. The van der Waals surface area contributed by atoms with Crippen LogP contribution in [0.5, 0.6) is 5.75 Å². The van der Waals surface area contributed by atoms with E-state index in [2.05, 4.69) is 27.3 Å². The van der Waals surface area contributed by atoms with Gasteiger partial charge in [-0.05, 0) is 39.7 Å². The minimum atomic E-state index is -0.681. The number of ether oxygens (including phenoxy) is 1. The molecule has 2 rings (SSSR count). The van der Waals surface area contributed by atoms with Gasteiger partial charge in [0.25, 0.3) is 5.91 Å². The zero-order chi connectivity index (χ0) is 15.2. The van der Waals surface area contributed by atoms with Gasteiger partial charge in [-0.2, -0.15) is 5.26 Å². The summed E-state index contributed by atoms with van der Waals surface area (Å²) >= 11 is 3.33. The molecule has 2 aromatic carbocycles. The van der Waals surface area contributed by atoms with E-state index in [-0.39, 0.29) is 5.91 Å². The quantitative estimate of drug-likeness (QED) is 0.923. The van der Waals surface area contributed by atoms with Crippen molar-refractivity contribution in [3.8, 4) is 11.8 Å². The van der Waals surface area contributed by atoms with Crippen LogP contribution in [0.1, 0.15) is 22.0 Å². The maximum absolute atomic E-state index is 12.2. The number of benzene rings is 2. The van der Waals surface area contributed by atoms with Gasteiger partial charge in [0.1, 0.15) is 11.8 Å². The fraction of sp³-hybridized carbons (Fsp3) is 0.125. The number of nitrogens with zero attached hydrogens (tertiary/aromatic N) is 1. The number of hydrogen-bond donors (Lipinski definition) is 1. The number of carbonyl (C=O) groups is 1. The lowest BCUT2D eigenvalue weighted by molar-refractivity contribution is 0.0945. The number of halogens is 1. The molecule has 0 aromatic heterocycles. The van der Waals surface area contributed by atoms with Crippen LogP contribution in [0.4, 0.5) is 0 Å². The monoisotopic (exact) mass is 344 g/mol. The molecule has 106 valence electrons. The second-order valence-corrected chi connectivity index (χ2v) is 5.15. The van der Waals surface area contributed by atoms with Crippen LogP contribution in [0.15, 0.2) is 53.0 Å². The lowest BCUT2D eigenvalue weighted by atomic mass is 10.1. The van der Waals surface area contributed by atoms with Gasteiger partial charge in [0.15, 0.2) is 0 Å². The number of methoxy groups -OCH3 is 1. The summed E-state index contributed by atoms with van der Waals surface area (Å²) in [7, 11) is 1.56. The molecule has 1 unspecified atom stereocenters. The Kier molecular flexibility index (Phi) is 4.96. The molecular formula is C16H13BrN2O2. The molecule has 0 saturated carbocycles. The predicted octanol–water partition coefficient (Wildman–Crippen LogP) is 3.45. The number of rotatable bonds is 4. The van der Waals surface area contributed by atoms with Crippen molar-refractivity contribution in [3.05, 3.63) is 64.1 Å². The van der Waals surface area contributed by atoms with Crippen LogP contribution >= 0.6 is 15.9 Å². The summed E-state index contributed by atoms with van der Waals surface area (Å²) in [5.74, 6) is 0.334. The molecule has 0 bridgehead atoms. The zero-order valence-corrected chi connectivity index (χ0v) is 12.9. The van der Waals surface area contributed by atoms with Crippen LogP contribution in [-0.2, 0) is 0 Å². The molecule has 0 spiro atoms. The molecule has 4 nitrogen and oxygen atoms in total. The zero-order valence-electron chi connectivity index (χ0n) is 11.3. The lowest BCUT2D eigenvalue weighted by Crippen LogP contribution is -2.27. The normalized spacial score (nSPS) is 11.3. The van der Waals surface area contributed by atoms with Gasteiger partial charge in [0.2, 0.25) is 0 Å². The van der Waals surface area contributed by atoms with Crippen molar-refractivity contribution in [2.75, 3.05) is 7.11 Å². The number of carbonyl (C=O) groups excluding carboxylic acids is 1. The van der Waals surface area contributed by atoms with Crippen molar-refractivity contribution in [1.82, 2.24) is 5.32 Å². The second kappa shape index (κ2) is 6.91. The van der Waals surface area contributed by atoms with Gasteiger partial charge in [-0.1, -0.05) is 30.3 Å². The van der Waals surface area contributed by atoms with Crippen LogP contribution in [-0.4, -0.2) is 13.0 Å². The van der Waals surface area contributed by atoms with Crippen molar-refractivity contribution in [2.45, 2.75) is 6.04 Å². The van der Waals surface area contributed by atoms with Crippen LogP contribution in [0.2, 0.25) is 0 Å². The highest BCUT2D eigenvalue weighted by Gasteiger charge is 2.15. The first kappa shape index (κ1) is 15.1. The Hall–Kier alpha value is -2.32. The summed E-state index contributed by atoms with van der Waals surface area (Å²) in [4.78, 5) is 12.2. The molecule has 0 aliphatic carbocycles. The molecule has 1 amide bonds. The highest BCUT2D eigenvalue weighted by molar-refractivity contribution is 9.10. The maximum Gasteiger partial charge on any atom is 0.252 e. The van der Waals surface area contributed by atoms with Gasteiger partial charge < -0.3 is 10.1 Å². The third-order valence-electron chi connectivity index (χ3n) is 2.95. The van der Waals surface area contributed by atoms with E-state index in [0.717, 1.165) is 5.56 Å². The summed E-state index contributed by atoms with van der Waals surface area (Å²) in [6.07, 6.45) is 0. The highest BCUT2D eigenvalue weighted by atomic mass is 79.9. The first-order chi connectivity index (χ1) is 10.2. The second-order valence-electron chi connectivity index (χ2n) is 4.30. The molecule has 5 heteroatoms. The molecule has 2 aromatic rings. The van der Waals surface area contributed by atoms with E-state index >= 15 is 0 Å². The standard InChI is InChI=1S/C16H13BrN2O2/c1-21-15-8-7-12(9-13(15)17)16(20)19-14(10-18)11-5-3-2-4-6-11/h2-9,14H,1H3,(H,19,20). The van der Waals surface area contributed by atoms with E-state index in [1.54, 1.807) is 37.4 Å². The van der Waals surface area contributed by atoms with Gasteiger partial charge in [-0.3, -0.25) is 4.79 Å². The van der Waals surface area contributed by atoms with Crippen molar-refractivity contribution in [2.24, 2.45) is 0 Å². The van der Waals surface area contributed by atoms with Crippen LogP contribution in [0.3, 0.4) is 0 Å². The fourth-order valence-corrected chi connectivity index (χ4v) is 2.40. The Morgan fingerprint density at radius 2 is 2.00 bits per heavy atom. The molecule has 0 fully saturated rings. The van der Waals surface area contributed by atoms with E-state index in [4.69, 9.17) is 4.74 Å². The Bertz CT molecular complexity index is 680. The third kappa shape index (κ3) is 3.61. The summed E-state index contributed by atoms with van der Waals surface area (Å²) in [5.41, 5.74) is 1.21. The molecule has 0 aliphatic rings. The van der Waals surface area contributed by atoms with E-state index in [1.165, 1.54) is 0 Å². The van der Waals surface area contributed by atoms with E-state index in [0.29, 0.717) is 15.8 Å². The topological polar surface area (TPSA) is 62.1 Å². The van der Waals surface area contributed by atoms with Crippen LogP contribution in [0.25, 0.3) is 0 Å². The van der Waals surface area contributed by atoms with E-state index < -0.39 is 6.04 Å². The summed E-state index contributed by atoms with van der Waals surface area (Å²) in [6.45, 7) is 0. The third-order valence-corrected chi connectivity index (χ3v) is 3.57. The van der Waals surface area contributed by atoms with Crippen molar-refractivity contribution < 1.29 is 9.53 Å². The SMILES string of the molecule is COc1ccc(C(=O)NC(C#N)c2ccccc2)cc1Br. The van der Waals surface area contributed by atoms with E-state index in [1.807, 2.05) is 18.2 Å². The molecule has 1 N–H and O–H groups in total. The fourth-order valence-electron chi connectivity index (χ4n) is 1.86. The summed E-state index contributed by atoms with van der Waals surface area (Å²) in [6, 6.07) is 15.5. The van der Waals surface area contributed by atoms with Crippen LogP contribution in [0, 0.1) is 11.3 Å². The van der Waals surface area contributed by atoms with Gasteiger partial charge in [-0.25, -0.2) is 0 Å². The number of hydrogen-bond acceptors (Lipinski definition) is 3. The molecule has 0 saturated heterocycles. The Balaban J connectivity index is 2.17. The van der Waals surface area contributed by atoms with Gasteiger partial charge in [0, 0.05) is 5.56 Å².